The monoisotopic (exact) mass is 301 g/mol. The Bertz CT molecular complexity index is 544. The molecule has 1 aromatic heterocycles. The largest absolute Gasteiger partial charge is 0.494 e. The third kappa shape index (κ3) is 4.34. The number of imidazole rings is 1. The van der Waals surface area contributed by atoms with E-state index >= 15 is 0 Å². The van der Waals surface area contributed by atoms with Gasteiger partial charge in [0.05, 0.1) is 24.8 Å². The van der Waals surface area contributed by atoms with E-state index in [1.54, 1.807) is 0 Å². The van der Waals surface area contributed by atoms with E-state index < -0.39 is 0 Å². The van der Waals surface area contributed by atoms with Crippen LogP contribution in [-0.4, -0.2) is 40.7 Å². The van der Waals surface area contributed by atoms with Gasteiger partial charge in [0.15, 0.2) is 0 Å². The fourth-order valence-electron chi connectivity index (χ4n) is 2.47. The highest BCUT2D eigenvalue weighted by atomic mass is 16.5. The van der Waals surface area contributed by atoms with E-state index in [1.165, 1.54) is 5.56 Å². The number of nitrogens with zero attached hydrogens (tertiary/aromatic N) is 3. The van der Waals surface area contributed by atoms with Crippen LogP contribution in [0.5, 0.6) is 5.75 Å². The van der Waals surface area contributed by atoms with Crippen molar-refractivity contribution in [1.29, 1.82) is 0 Å². The number of hydrogen-bond acceptors (Lipinski definition) is 3. The van der Waals surface area contributed by atoms with Crippen LogP contribution >= 0.6 is 0 Å². The van der Waals surface area contributed by atoms with E-state index in [0.29, 0.717) is 0 Å². The fourth-order valence-corrected chi connectivity index (χ4v) is 2.47. The highest BCUT2D eigenvalue weighted by Crippen LogP contribution is 2.22. The van der Waals surface area contributed by atoms with Gasteiger partial charge in [0.25, 0.3) is 0 Å². The molecule has 2 rings (SSSR count). The van der Waals surface area contributed by atoms with Gasteiger partial charge in [0.2, 0.25) is 0 Å². The number of hydrogen-bond donors (Lipinski definition) is 0. The van der Waals surface area contributed by atoms with Crippen LogP contribution in [0.4, 0.5) is 0 Å². The second kappa shape index (κ2) is 8.59. The van der Waals surface area contributed by atoms with Crippen LogP contribution in [0.2, 0.25) is 0 Å². The number of rotatable bonds is 9. The van der Waals surface area contributed by atoms with E-state index in [-0.39, 0.29) is 0 Å². The maximum atomic E-state index is 5.64. The lowest BCUT2D eigenvalue weighted by atomic mass is 10.1. The summed E-state index contributed by atoms with van der Waals surface area (Å²) in [5.74, 6) is 0.930. The average Bonchev–Trinajstić information content (AvgIpc) is 3.03. The van der Waals surface area contributed by atoms with Crippen LogP contribution in [0.15, 0.2) is 36.8 Å². The molecule has 1 heterocycles. The minimum atomic E-state index is 0.765. The molecule has 0 spiro atoms. The Labute approximate surface area is 133 Å². The lowest BCUT2D eigenvalue weighted by Crippen LogP contribution is -2.27. The third-order valence-electron chi connectivity index (χ3n) is 3.89. The number of aromatic nitrogens is 2. The summed E-state index contributed by atoms with van der Waals surface area (Å²) in [4.78, 5) is 6.74. The summed E-state index contributed by atoms with van der Waals surface area (Å²) in [7, 11) is 0. The molecule has 0 bridgehead atoms. The van der Waals surface area contributed by atoms with Gasteiger partial charge < -0.3 is 14.2 Å². The molecule has 0 N–H and O–H groups in total. The van der Waals surface area contributed by atoms with Gasteiger partial charge in [0, 0.05) is 18.7 Å². The number of ether oxygens (including phenoxy) is 1. The molecular weight excluding hydrogens is 274 g/mol. The molecule has 0 fully saturated rings. The maximum Gasteiger partial charge on any atom is 0.119 e. The molecule has 120 valence electrons. The van der Waals surface area contributed by atoms with Crippen LogP contribution in [0.1, 0.15) is 27.2 Å². The molecule has 4 heteroatoms. The van der Waals surface area contributed by atoms with Crippen molar-refractivity contribution in [3.05, 3.63) is 36.8 Å². The van der Waals surface area contributed by atoms with Gasteiger partial charge in [-0.25, -0.2) is 4.98 Å². The van der Waals surface area contributed by atoms with Gasteiger partial charge in [-0.3, -0.25) is 0 Å². The molecule has 0 saturated heterocycles. The van der Waals surface area contributed by atoms with Gasteiger partial charge in [-0.15, -0.1) is 0 Å². The van der Waals surface area contributed by atoms with Gasteiger partial charge in [-0.1, -0.05) is 20.8 Å². The van der Waals surface area contributed by atoms with E-state index in [4.69, 9.17) is 4.74 Å². The summed E-state index contributed by atoms with van der Waals surface area (Å²) >= 11 is 0. The zero-order chi connectivity index (χ0) is 15.8. The third-order valence-corrected chi connectivity index (χ3v) is 3.89. The Balaban J connectivity index is 2.05. The normalized spacial score (nSPS) is 11.1. The van der Waals surface area contributed by atoms with Crippen molar-refractivity contribution < 1.29 is 4.74 Å². The Morgan fingerprint density at radius 2 is 1.82 bits per heavy atom. The predicted octanol–water partition coefficient (Wildman–Crippen LogP) is 3.68. The molecular formula is C18H27N3O. The van der Waals surface area contributed by atoms with E-state index in [0.717, 1.165) is 50.7 Å². The molecule has 0 atom stereocenters. The average molecular weight is 301 g/mol. The number of benzene rings is 1. The van der Waals surface area contributed by atoms with Crippen molar-refractivity contribution in [2.24, 2.45) is 0 Å². The molecule has 22 heavy (non-hydrogen) atoms. The van der Waals surface area contributed by atoms with Gasteiger partial charge in [0.1, 0.15) is 5.75 Å². The summed E-state index contributed by atoms with van der Waals surface area (Å²) in [6, 6.07) is 8.28. The van der Waals surface area contributed by atoms with Crippen LogP contribution in [0, 0.1) is 0 Å². The van der Waals surface area contributed by atoms with Gasteiger partial charge >= 0.3 is 0 Å². The highest BCUT2D eigenvalue weighted by molar-refractivity contribution is 5.59. The van der Waals surface area contributed by atoms with E-state index in [2.05, 4.69) is 47.4 Å². The molecule has 1 aromatic carbocycles. The molecule has 0 radical (unpaired) electrons. The summed E-state index contributed by atoms with van der Waals surface area (Å²) in [6.45, 7) is 11.5. The summed E-state index contributed by atoms with van der Waals surface area (Å²) in [6.07, 6.45) is 4.88. The van der Waals surface area contributed by atoms with Crippen molar-refractivity contribution in [3.63, 3.8) is 0 Å². The van der Waals surface area contributed by atoms with Crippen LogP contribution in [-0.2, 0) is 6.54 Å². The van der Waals surface area contributed by atoms with Crippen LogP contribution in [0.3, 0.4) is 0 Å². The van der Waals surface area contributed by atoms with E-state index in [9.17, 15) is 0 Å². The molecule has 0 amide bonds. The van der Waals surface area contributed by atoms with Gasteiger partial charge in [-0.2, -0.15) is 0 Å². The molecule has 0 aliphatic heterocycles. The fraction of sp³-hybridized carbons (Fsp3) is 0.500. The van der Waals surface area contributed by atoms with Gasteiger partial charge in [-0.05, 0) is 43.8 Å². The molecule has 4 nitrogen and oxygen atoms in total. The summed E-state index contributed by atoms with van der Waals surface area (Å²) in [5, 5.41) is 0. The predicted molar refractivity (Wildman–Crippen MR) is 91.2 cm³/mol. The smallest absolute Gasteiger partial charge is 0.119 e. The molecule has 0 unspecified atom stereocenters. The molecule has 2 aromatic rings. The van der Waals surface area contributed by atoms with Crippen LogP contribution < -0.4 is 4.74 Å². The lowest BCUT2D eigenvalue weighted by Gasteiger charge is -2.19. The van der Waals surface area contributed by atoms with Crippen molar-refractivity contribution in [1.82, 2.24) is 14.5 Å². The number of likely N-dealkylation sites (N-methyl/N-ethyl adjacent to an activating group) is 1. The minimum absolute atomic E-state index is 0.765. The first-order valence-electron chi connectivity index (χ1n) is 8.24. The minimum Gasteiger partial charge on any atom is -0.494 e. The molecule has 0 aliphatic carbocycles. The lowest BCUT2D eigenvalue weighted by molar-refractivity contribution is 0.291. The summed E-state index contributed by atoms with van der Waals surface area (Å²) < 4.78 is 7.86. The Morgan fingerprint density at radius 1 is 1.09 bits per heavy atom. The first kappa shape index (κ1) is 16.6. The standard InChI is InChI=1S/C18H27N3O/c1-4-13-22-17-9-7-16(8-10-17)18-14-19-15-21(18)12-11-20(5-2)6-3/h7-10,14-15H,4-6,11-13H2,1-3H3. The van der Waals surface area contributed by atoms with Crippen LogP contribution in [0.25, 0.3) is 11.3 Å². The Hall–Kier alpha value is -1.81. The second-order valence-corrected chi connectivity index (χ2v) is 5.37. The first-order valence-corrected chi connectivity index (χ1v) is 8.24. The molecule has 0 saturated carbocycles. The topological polar surface area (TPSA) is 30.3 Å². The quantitative estimate of drug-likeness (QED) is 0.708. The highest BCUT2D eigenvalue weighted by Gasteiger charge is 2.07. The Kier molecular flexibility index (Phi) is 6.46. The zero-order valence-corrected chi connectivity index (χ0v) is 14.0. The Morgan fingerprint density at radius 3 is 2.45 bits per heavy atom. The SMILES string of the molecule is CCCOc1ccc(-c2cncn2CCN(CC)CC)cc1. The zero-order valence-electron chi connectivity index (χ0n) is 14.0. The molecule has 0 aliphatic rings. The maximum absolute atomic E-state index is 5.64. The van der Waals surface area contributed by atoms with Crippen molar-refractivity contribution in [3.8, 4) is 17.0 Å². The summed E-state index contributed by atoms with van der Waals surface area (Å²) in [5.41, 5.74) is 2.34. The first-order chi connectivity index (χ1) is 10.8. The van der Waals surface area contributed by atoms with E-state index in [1.807, 2.05) is 24.7 Å². The van der Waals surface area contributed by atoms with Crippen molar-refractivity contribution in [2.75, 3.05) is 26.2 Å². The second-order valence-electron chi connectivity index (χ2n) is 5.37. The van der Waals surface area contributed by atoms with Crippen molar-refractivity contribution >= 4 is 0 Å². The van der Waals surface area contributed by atoms with Crippen molar-refractivity contribution in [2.45, 2.75) is 33.7 Å².